The number of terminal acetylenes is 1. The molecule has 0 saturated heterocycles. The van der Waals surface area contributed by atoms with Crippen LogP contribution in [0.4, 0.5) is 5.69 Å². The van der Waals surface area contributed by atoms with Crippen molar-refractivity contribution in [1.29, 1.82) is 0 Å². The van der Waals surface area contributed by atoms with Crippen molar-refractivity contribution in [3.05, 3.63) is 29.8 Å². The van der Waals surface area contributed by atoms with Crippen molar-refractivity contribution in [2.75, 3.05) is 59.3 Å². The molecule has 0 aromatic heterocycles. The maximum Gasteiger partial charge on any atom is 0.243 e. The van der Waals surface area contributed by atoms with Crippen LogP contribution in [0, 0.1) is 12.3 Å². The van der Waals surface area contributed by atoms with E-state index >= 15 is 0 Å². The molecule has 0 atom stereocenters. The van der Waals surface area contributed by atoms with Gasteiger partial charge in [-0.15, -0.1) is 30.4 Å². The fourth-order valence-corrected chi connectivity index (χ4v) is 2.23. The number of aliphatic imine (C=N–C) groups is 1. The first-order valence-electron chi connectivity index (χ1n) is 8.57. The predicted molar refractivity (Wildman–Crippen MR) is 122 cm³/mol. The molecule has 0 aliphatic heterocycles. The third-order valence-electron chi connectivity index (χ3n) is 3.63. The molecule has 150 valence electrons. The van der Waals surface area contributed by atoms with Crippen LogP contribution in [-0.2, 0) is 9.53 Å². The Bertz CT molecular complexity index is 631. The fraction of sp³-hybridized carbons (Fsp3) is 0.474. The molecule has 1 aromatic rings. The van der Waals surface area contributed by atoms with Gasteiger partial charge in [0.25, 0.3) is 0 Å². The van der Waals surface area contributed by atoms with Crippen LogP contribution in [0.1, 0.15) is 12.0 Å². The number of carbonyl (C=O) groups excluding carboxylic acids is 1. The summed E-state index contributed by atoms with van der Waals surface area (Å²) in [5, 5.41) is 8.98. The van der Waals surface area contributed by atoms with Gasteiger partial charge in [0.2, 0.25) is 5.91 Å². The minimum Gasteiger partial charge on any atom is -0.385 e. The lowest BCUT2D eigenvalue weighted by molar-refractivity contribution is -0.115. The van der Waals surface area contributed by atoms with Gasteiger partial charge in [0, 0.05) is 51.6 Å². The average Bonchev–Trinajstić information content (AvgIpc) is 2.64. The number of amides is 1. The summed E-state index contributed by atoms with van der Waals surface area (Å²) in [6.07, 6.45) is 6.36. The highest BCUT2D eigenvalue weighted by Gasteiger charge is 2.05. The Morgan fingerprint density at radius 2 is 2.11 bits per heavy atom. The monoisotopic (exact) mass is 487 g/mol. The normalized spacial score (nSPS) is 10.7. The molecule has 0 spiro atoms. The molecule has 0 bridgehead atoms. The Balaban J connectivity index is 0.00000676. The number of hydrogen-bond acceptors (Lipinski definition) is 4. The predicted octanol–water partition coefficient (Wildman–Crippen LogP) is 1.36. The third-order valence-corrected chi connectivity index (χ3v) is 3.63. The first kappa shape index (κ1) is 25.2. The van der Waals surface area contributed by atoms with Crippen molar-refractivity contribution in [2.24, 2.45) is 4.99 Å². The van der Waals surface area contributed by atoms with Crippen molar-refractivity contribution < 1.29 is 9.53 Å². The van der Waals surface area contributed by atoms with Crippen molar-refractivity contribution in [3.8, 4) is 12.3 Å². The quantitative estimate of drug-likeness (QED) is 0.153. The van der Waals surface area contributed by atoms with Crippen molar-refractivity contribution in [1.82, 2.24) is 15.5 Å². The number of carbonyl (C=O) groups is 1. The van der Waals surface area contributed by atoms with Gasteiger partial charge in [-0.2, -0.15) is 0 Å². The van der Waals surface area contributed by atoms with E-state index in [2.05, 4.69) is 38.8 Å². The first-order valence-corrected chi connectivity index (χ1v) is 8.57. The lowest BCUT2D eigenvalue weighted by Gasteiger charge is -2.18. The average molecular weight is 487 g/mol. The lowest BCUT2D eigenvalue weighted by atomic mass is 10.2. The van der Waals surface area contributed by atoms with E-state index in [1.807, 2.05) is 12.1 Å². The number of likely N-dealkylation sites (N-methyl/N-ethyl adjacent to an activating group) is 1. The van der Waals surface area contributed by atoms with Gasteiger partial charge in [0.15, 0.2) is 5.96 Å². The Morgan fingerprint density at radius 1 is 1.33 bits per heavy atom. The van der Waals surface area contributed by atoms with E-state index in [1.165, 1.54) is 0 Å². The van der Waals surface area contributed by atoms with E-state index in [0.717, 1.165) is 38.2 Å². The van der Waals surface area contributed by atoms with Crippen LogP contribution in [0.3, 0.4) is 0 Å². The van der Waals surface area contributed by atoms with Crippen LogP contribution >= 0.6 is 24.0 Å². The molecule has 7 nitrogen and oxygen atoms in total. The standard InChI is InChI=1S/C19H29N5O2.HI/c1-5-16-8-6-9-17(14-16)23-18(25)15-22-19(20-2)21-10-12-24(3)11-7-13-26-4;/h1,6,8-9,14H,7,10-13,15H2,2-4H3,(H,23,25)(H2,20,21,22);1H. The van der Waals surface area contributed by atoms with E-state index in [0.29, 0.717) is 11.6 Å². The second kappa shape index (κ2) is 15.2. The van der Waals surface area contributed by atoms with Crippen molar-refractivity contribution in [2.45, 2.75) is 6.42 Å². The van der Waals surface area contributed by atoms with Crippen LogP contribution in [0.2, 0.25) is 0 Å². The zero-order valence-electron chi connectivity index (χ0n) is 16.2. The summed E-state index contributed by atoms with van der Waals surface area (Å²) in [5.41, 5.74) is 1.40. The second-order valence-electron chi connectivity index (χ2n) is 5.78. The topological polar surface area (TPSA) is 78.0 Å². The summed E-state index contributed by atoms with van der Waals surface area (Å²) in [6.45, 7) is 3.45. The first-order chi connectivity index (χ1) is 12.6. The number of benzene rings is 1. The highest BCUT2D eigenvalue weighted by atomic mass is 127. The number of hydrogen-bond donors (Lipinski definition) is 3. The summed E-state index contributed by atoms with van der Waals surface area (Å²) in [5.74, 6) is 2.96. The lowest BCUT2D eigenvalue weighted by Crippen LogP contribution is -2.43. The minimum absolute atomic E-state index is 0. The summed E-state index contributed by atoms with van der Waals surface area (Å²) < 4.78 is 5.04. The Labute approximate surface area is 179 Å². The molecule has 0 saturated carbocycles. The van der Waals surface area contributed by atoms with Gasteiger partial charge < -0.3 is 25.6 Å². The number of rotatable bonds is 10. The molecule has 0 heterocycles. The Hall–Kier alpha value is -1.83. The highest BCUT2D eigenvalue weighted by Crippen LogP contribution is 2.09. The zero-order valence-corrected chi connectivity index (χ0v) is 18.6. The second-order valence-corrected chi connectivity index (χ2v) is 5.78. The number of guanidine groups is 1. The van der Waals surface area contributed by atoms with E-state index in [4.69, 9.17) is 11.2 Å². The van der Waals surface area contributed by atoms with Crippen molar-refractivity contribution in [3.63, 3.8) is 0 Å². The van der Waals surface area contributed by atoms with Crippen LogP contribution in [-0.4, -0.2) is 70.8 Å². The van der Waals surface area contributed by atoms with E-state index in [9.17, 15) is 4.79 Å². The number of methoxy groups -OCH3 is 1. The van der Waals surface area contributed by atoms with Gasteiger partial charge >= 0.3 is 0 Å². The summed E-state index contributed by atoms with van der Waals surface area (Å²) >= 11 is 0. The van der Waals surface area contributed by atoms with Crippen molar-refractivity contribution >= 4 is 41.5 Å². The van der Waals surface area contributed by atoms with E-state index < -0.39 is 0 Å². The van der Waals surface area contributed by atoms with Crippen LogP contribution < -0.4 is 16.0 Å². The fourth-order valence-electron chi connectivity index (χ4n) is 2.23. The molecule has 1 rings (SSSR count). The Kier molecular flexibility index (Phi) is 14.2. The van der Waals surface area contributed by atoms with E-state index in [-0.39, 0.29) is 36.4 Å². The number of nitrogens with zero attached hydrogens (tertiary/aromatic N) is 2. The summed E-state index contributed by atoms with van der Waals surface area (Å²) in [7, 11) is 5.44. The van der Waals surface area contributed by atoms with Gasteiger partial charge in [-0.25, -0.2) is 0 Å². The minimum atomic E-state index is -0.168. The van der Waals surface area contributed by atoms with Gasteiger partial charge in [-0.3, -0.25) is 9.79 Å². The van der Waals surface area contributed by atoms with Crippen LogP contribution in [0.25, 0.3) is 0 Å². The number of ether oxygens (including phenoxy) is 1. The number of anilines is 1. The molecular weight excluding hydrogens is 457 g/mol. The molecule has 8 heteroatoms. The smallest absolute Gasteiger partial charge is 0.243 e. The molecule has 1 amide bonds. The largest absolute Gasteiger partial charge is 0.385 e. The molecular formula is C19H30IN5O2. The number of nitrogens with one attached hydrogen (secondary N) is 3. The molecule has 0 unspecified atom stereocenters. The Morgan fingerprint density at radius 3 is 2.78 bits per heavy atom. The molecule has 0 fully saturated rings. The van der Waals surface area contributed by atoms with Gasteiger partial charge in [0.1, 0.15) is 0 Å². The van der Waals surface area contributed by atoms with Gasteiger partial charge in [-0.05, 0) is 31.7 Å². The maximum absolute atomic E-state index is 12.0. The third kappa shape index (κ3) is 11.5. The summed E-state index contributed by atoms with van der Waals surface area (Å²) in [4.78, 5) is 18.4. The molecule has 0 radical (unpaired) electrons. The SMILES string of the molecule is C#Cc1cccc(NC(=O)CNC(=NC)NCCN(C)CCCOC)c1.I. The van der Waals surface area contributed by atoms with E-state index in [1.54, 1.807) is 26.3 Å². The molecule has 3 N–H and O–H groups in total. The van der Waals surface area contributed by atoms with Gasteiger partial charge in [-0.1, -0.05) is 12.0 Å². The molecule has 0 aliphatic carbocycles. The zero-order chi connectivity index (χ0) is 19.2. The van der Waals surface area contributed by atoms with Gasteiger partial charge in [0.05, 0.1) is 6.54 Å². The van der Waals surface area contributed by atoms with Crippen LogP contribution in [0.5, 0.6) is 0 Å². The molecule has 1 aromatic carbocycles. The number of halogens is 1. The molecule has 0 aliphatic rings. The maximum atomic E-state index is 12.0. The molecule has 27 heavy (non-hydrogen) atoms. The summed E-state index contributed by atoms with van der Waals surface area (Å²) in [6, 6.07) is 7.17. The highest BCUT2D eigenvalue weighted by molar-refractivity contribution is 14.0. The van der Waals surface area contributed by atoms with Crippen LogP contribution in [0.15, 0.2) is 29.3 Å².